The average Bonchev–Trinajstić information content (AvgIpc) is 3.01. The molecule has 0 aliphatic heterocycles. The Morgan fingerprint density at radius 3 is 2.90 bits per heavy atom. The lowest BCUT2D eigenvalue weighted by atomic mass is 10.2. The predicted octanol–water partition coefficient (Wildman–Crippen LogP) is 2.19. The van der Waals surface area contributed by atoms with Gasteiger partial charge < -0.3 is 20.1 Å². The van der Waals surface area contributed by atoms with Crippen molar-refractivity contribution in [2.75, 3.05) is 24.8 Å². The second-order valence-corrected chi connectivity index (χ2v) is 7.09. The van der Waals surface area contributed by atoms with Crippen molar-refractivity contribution in [2.45, 2.75) is 11.0 Å². The zero-order valence-electron chi connectivity index (χ0n) is 15.8. The second kappa shape index (κ2) is 9.23. The van der Waals surface area contributed by atoms with Crippen molar-refractivity contribution in [3.05, 3.63) is 47.9 Å². The number of aryl methyl sites for hydroxylation is 1. The molecule has 8 nitrogen and oxygen atoms in total. The number of carbonyl (C=O) groups excluding carboxylic acids is 1. The van der Waals surface area contributed by atoms with Crippen LogP contribution in [0.25, 0.3) is 11.0 Å². The van der Waals surface area contributed by atoms with E-state index in [1.165, 1.54) is 17.8 Å². The summed E-state index contributed by atoms with van der Waals surface area (Å²) >= 11 is 1.42. The summed E-state index contributed by atoms with van der Waals surface area (Å²) in [5, 5.41) is 21.7. The minimum Gasteiger partial charge on any atom is -0.394 e. The zero-order chi connectivity index (χ0) is 21.0. The van der Waals surface area contributed by atoms with E-state index in [9.17, 15) is 14.3 Å². The molecule has 0 unspecified atom stereocenters. The van der Waals surface area contributed by atoms with Crippen molar-refractivity contribution < 1.29 is 24.2 Å². The van der Waals surface area contributed by atoms with Gasteiger partial charge >= 0.3 is 0 Å². The number of halogens is 1. The van der Waals surface area contributed by atoms with Gasteiger partial charge in [-0.15, -0.1) is 11.8 Å². The van der Waals surface area contributed by atoms with Gasteiger partial charge in [0.25, 0.3) is 5.91 Å². The van der Waals surface area contributed by atoms with Crippen molar-refractivity contribution in [3.63, 3.8) is 0 Å². The first-order valence-corrected chi connectivity index (χ1v) is 9.93. The van der Waals surface area contributed by atoms with Gasteiger partial charge in [0.15, 0.2) is 0 Å². The van der Waals surface area contributed by atoms with Crippen LogP contribution in [0.1, 0.15) is 10.4 Å². The second-order valence-electron chi connectivity index (χ2n) is 6.21. The molecule has 10 heteroatoms. The van der Waals surface area contributed by atoms with Crippen LogP contribution in [0.15, 0.2) is 41.4 Å². The van der Waals surface area contributed by atoms with Gasteiger partial charge in [-0.05, 0) is 36.6 Å². The monoisotopic (exact) mass is 420 g/mol. The molecule has 1 amide bonds. The summed E-state index contributed by atoms with van der Waals surface area (Å²) in [6, 6.07) is 8.19. The number of fused-ring (bicyclic) bond motifs is 1. The molecule has 3 rings (SSSR count). The van der Waals surface area contributed by atoms with E-state index < -0.39 is 24.4 Å². The minimum atomic E-state index is -1.12. The Labute approximate surface area is 170 Å². The number of hydrogen-bond donors (Lipinski definition) is 4. The third-order valence-electron chi connectivity index (χ3n) is 4.25. The lowest BCUT2D eigenvalue weighted by Gasteiger charge is -2.13. The molecule has 0 fully saturated rings. The van der Waals surface area contributed by atoms with Crippen molar-refractivity contribution in [2.24, 2.45) is 7.05 Å². The summed E-state index contributed by atoms with van der Waals surface area (Å²) in [6.07, 6.45) is 2.33. The minimum absolute atomic E-state index is 0.208. The number of hydrogen-bond acceptors (Lipinski definition) is 7. The molecule has 0 radical (unpaired) electrons. The molecular formula is C19H21FN4O4S. The van der Waals surface area contributed by atoms with Crippen LogP contribution in [-0.4, -0.2) is 51.2 Å². The molecule has 0 saturated heterocycles. The van der Waals surface area contributed by atoms with Crippen LogP contribution < -0.4 is 10.8 Å². The summed E-state index contributed by atoms with van der Waals surface area (Å²) in [7, 11) is 1.71. The Balaban J connectivity index is 1.97. The number of pyridine rings is 1. The van der Waals surface area contributed by atoms with Crippen LogP contribution in [0.4, 0.5) is 15.9 Å². The molecule has 0 spiro atoms. The first kappa shape index (κ1) is 21.1. The normalized spacial score (nSPS) is 12.2. The highest BCUT2D eigenvalue weighted by Gasteiger charge is 2.23. The molecular weight excluding hydrogens is 399 g/mol. The zero-order valence-corrected chi connectivity index (χ0v) is 16.7. The predicted molar refractivity (Wildman–Crippen MR) is 109 cm³/mol. The van der Waals surface area contributed by atoms with Crippen LogP contribution in [0.3, 0.4) is 0 Å². The van der Waals surface area contributed by atoms with Gasteiger partial charge in [0.1, 0.15) is 30.0 Å². The molecule has 1 atom stereocenters. The summed E-state index contributed by atoms with van der Waals surface area (Å²) in [6.45, 7) is -0.773. The quantitative estimate of drug-likeness (QED) is 0.327. The summed E-state index contributed by atoms with van der Waals surface area (Å²) in [5.41, 5.74) is 3.18. The molecule has 1 aromatic carbocycles. The van der Waals surface area contributed by atoms with Crippen LogP contribution in [0.2, 0.25) is 0 Å². The van der Waals surface area contributed by atoms with Crippen LogP contribution in [0.5, 0.6) is 0 Å². The first-order chi connectivity index (χ1) is 14.0. The van der Waals surface area contributed by atoms with E-state index in [1.807, 2.05) is 6.26 Å². The van der Waals surface area contributed by atoms with Crippen molar-refractivity contribution in [3.8, 4) is 0 Å². The van der Waals surface area contributed by atoms with Crippen molar-refractivity contribution in [1.29, 1.82) is 0 Å². The third-order valence-corrected chi connectivity index (χ3v) is 4.98. The van der Waals surface area contributed by atoms with E-state index in [4.69, 9.17) is 9.94 Å². The number of benzene rings is 1. The molecule has 2 aromatic heterocycles. The molecule has 0 saturated carbocycles. The largest absolute Gasteiger partial charge is 0.394 e. The van der Waals surface area contributed by atoms with Gasteiger partial charge in [-0.1, -0.05) is 0 Å². The van der Waals surface area contributed by atoms with Gasteiger partial charge in [0.05, 0.1) is 17.9 Å². The van der Waals surface area contributed by atoms with Crippen LogP contribution >= 0.6 is 11.8 Å². The molecule has 3 aromatic rings. The first-order valence-electron chi connectivity index (χ1n) is 8.71. The fraction of sp³-hybridized carbons (Fsp3) is 0.263. The number of thioether (sulfide) groups is 1. The lowest BCUT2D eigenvalue weighted by molar-refractivity contribution is -0.0294. The molecule has 154 valence electrons. The van der Waals surface area contributed by atoms with Crippen LogP contribution in [-0.2, 0) is 11.9 Å². The number of aromatic nitrogens is 2. The Bertz CT molecular complexity index is 1030. The number of carbonyl (C=O) groups is 1. The van der Waals surface area contributed by atoms with Gasteiger partial charge in [-0.2, -0.15) is 0 Å². The summed E-state index contributed by atoms with van der Waals surface area (Å²) < 4.78 is 16.1. The molecule has 2 heterocycles. The molecule has 0 aliphatic carbocycles. The van der Waals surface area contributed by atoms with E-state index in [1.54, 1.807) is 42.1 Å². The number of amides is 1. The number of nitrogens with zero attached hydrogens (tertiary/aromatic N) is 2. The van der Waals surface area contributed by atoms with Crippen molar-refractivity contribution in [1.82, 2.24) is 15.0 Å². The van der Waals surface area contributed by atoms with Crippen molar-refractivity contribution >= 4 is 40.2 Å². The maximum atomic E-state index is 14.5. The summed E-state index contributed by atoms with van der Waals surface area (Å²) in [5.74, 6) is -0.723. The third kappa shape index (κ3) is 4.51. The van der Waals surface area contributed by atoms with E-state index >= 15 is 0 Å². The van der Waals surface area contributed by atoms with Gasteiger partial charge in [-0.3, -0.25) is 9.63 Å². The Morgan fingerprint density at radius 1 is 1.41 bits per heavy atom. The van der Waals surface area contributed by atoms with E-state index in [0.717, 1.165) is 4.90 Å². The Hall–Kier alpha value is -2.66. The van der Waals surface area contributed by atoms with E-state index in [-0.39, 0.29) is 17.9 Å². The molecule has 4 N–H and O–H groups in total. The standard InChI is InChI=1S/C19H21FN4O4S/c1-24-17-13(4-3-7-21-17)16(19(27)23-28-10-11(26)9-25)18(24)22-15-6-5-12(29-2)8-14(15)20/h3-8,11,22,25-26H,9-10H2,1-2H3,(H,23,27)/t11-/m0/s1. The van der Waals surface area contributed by atoms with Gasteiger partial charge in [0, 0.05) is 23.5 Å². The summed E-state index contributed by atoms with van der Waals surface area (Å²) in [4.78, 5) is 22.8. The molecule has 0 aliphatic rings. The maximum absolute atomic E-state index is 14.5. The smallest absolute Gasteiger partial charge is 0.279 e. The maximum Gasteiger partial charge on any atom is 0.279 e. The topological polar surface area (TPSA) is 109 Å². The van der Waals surface area contributed by atoms with Gasteiger partial charge in [0.2, 0.25) is 0 Å². The number of anilines is 2. The highest BCUT2D eigenvalue weighted by Crippen LogP contribution is 2.32. The Morgan fingerprint density at radius 2 is 2.21 bits per heavy atom. The van der Waals surface area contributed by atoms with E-state index in [0.29, 0.717) is 16.9 Å². The Kier molecular flexibility index (Phi) is 6.70. The highest BCUT2D eigenvalue weighted by molar-refractivity contribution is 7.98. The fourth-order valence-corrected chi connectivity index (χ4v) is 3.22. The number of rotatable bonds is 8. The lowest BCUT2D eigenvalue weighted by Crippen LogP contribution is -2.30. The van der Waals surface area contributed by atoms with Crippen LogP contribution in [0, 0.1) is 5.82 Å². The number of aliphatic hydroxyl groups is 2. The van der Waals surface area contributed by atoms with Gasteiger partial charge in [-0.25, -0.2) is 14.9 Å². The number of nitrogens with one attached hydrogen (secondary N) is 2. The highest BCUT2D eigenvalue weighted by atomic mass is 32.2. The van der Waals surface area contributed by atoms with E-state index in [2.05, 4.69) is 15.8 Å². The number of hydroxylamine groups is 1. The SMILES string of the molecule is CSc1ccc(Nc2c(C(=O)NOC[C@@H](O)CO)c3cccnc3n2C)c(F)c1. The fourth-order valence-electron chi connectivity index (χ4n) is 2.80. The molecule has 29 heavy (non-hydrogen) atoms. The molecule has 0 bridgehead atoms. The average molecular weight is 420 g/mol. The number of aliphatic hydroxyl groups excluding tert-OH is 2.